The maximum absolute atomic E-state index is 11.5. The first kappa shape index (κ1) is 13.3. The van der Waals surface area contributed by atoms with Crippen LogP contribution in [0, 0.1) is 0 Å². The molecule has 1 aromatic carbocycles. The average Bonchev–Trinajstić information content (AvgIpc) is 2.37. The van der Waals surface area contributed by atoms with Crippen molar-refractivity contribution >= 4 is 12.0 Å². The summed E-state index contributed by atoms with van der Waals surface area (Å²) in [4.78, 5) is 11.5. The van der Waals surface area contributed by atoms with Crippen LogP contribution >= 0.6 is 0 Å². The van der Waals surface area contributed by atoms with Crippen LogP contribution in [0.25, 0.3) is 6.08 Å². The normalized spacial score (nSPS) is 10.5. The lowest BCUT2D eigenvalue weighted by molar-refractivity contribution is -0.116. The van der Waals surface area contributed by atoms with Gasteiger partial charge < -0.3 is 10.1 Å². The molecule has 3 nitrogen and oxygen atoms in total. The molecule has 0 saturated carbocycles. The molecule has 17 heavy (non-hydrogen) atoms. The summed E-state index contributed by atoms with van der Waals surface area (Å²) in [7, 11) is 1.62. The Labute approximate surface area is 102 Å². The van der Waals surface area contributed by atoms with Crippen molar-refractivity contribution in [2.45, 2.75) is 19.8 Å². The van der Waals surface area contributed by atoms with Crippen LogP contribution in [-0.2, 0) is 4.79 Å². The van der Waals surface area contributed by atoms with Crippen molar-refractivity contribution in [3.63, 3.8) is 0 Å². The van der Waals surface area contributed by atoms with E-state index in [9.17, 15) is 4.79 Å². The van der Waals surface area contributed by atoms with E-state index in [1.165, 1.54) is 6.08 Å². The lowest BCUT2D eigenvalue weighted by atomic mass is 10.2. The molecule has 0 aliphatic carbocycles. The number of rotatable bonds is 6. The Kier molecular flexibility index (Phi) is 5.86. The molecule has 92 valence electrons. The van der Waals surface area contributed by atoms with Gasteiger partial charge in [-0.3, -0.25) is 4.79 Å². The number of unbranched alkanes of at least 4 members (excludes halogenated alkanes) is 1. The molecule has 0 radical (unpaired) electrons. The molecule has 0 heterocycles. The highest BCUT2D eigenvalue weighted by Gasteiger charge is 1.98. The minimum atomic E-state index is -0.0654. The SMILES string of the molecule is CCCCNC(=O)/C=C/c1ccccc1OC. The van der Waals surface area contributed by atoms with Gasteiger partial charge in [0, 0.05) is 18.2 Å². The third-order valence-corrected chi connectivity index (χ3v) is 2.38. The fourth-order valence-corrected chi connectivity index (χ4v) is 1.42. The zero-order valence-electron chi connectivity index (χ0n) is 10.4. The summed E-state index contributed by atoms with van der Waals surface area (Å²) in [6.07, 6.45) is 5.39. The van der Waals surface area contributed by atoms with Crippen molar-refractivity contribution < 1.29 is 9.53 Å². The number of hydrogen-bond donors (Lipinski definition) is 1. The molecule has 3 heteroatoms. The number of amides is 1. The van der Waals surface area contributed by atoms with Crippen LogP contribution in [0.4, 0.5) is 0 Å². The fourth-order valence-electron chi connectivity index (χ4n) is 1.42. The van der Waals surface area contributed by atoms with Crippen LogP contribution in [0.2, 0.25) is 0 Å². The third kappa shape index (κ3) is 4.72. The molecule has 0 aliphatic rings. The number of hydrogen-bond acceptors (Lipinski definition) is 2. The molecule has 1 rings (SSSR count). The van der Waals surface area contributed by atoms with Gasteiger partial charge >= 0.3 is 0 Å². The molecule has 0 fully saturated rings. The molecule has 1 N–H and O–H groups in total. The van der Waals surface area contributed by atoms with Crippen molar-refractivity contribution in [3.05, 3.63) is 35.9 Å². The smallest absolute Gasteiger partial charge is 0.244 e. The molecule has 0 spiro atoms. The summed E-state index contributed by atoms with van der Waals surface area (Å²) >= 11 is 0. The van der Waals surface area contributed by atoms with Gasteiger partial charge in [-0.1, -0.05) is 31.5 Å². The van der Waals surface area contributed by atoms with Crippen LogP contribution in [0.5, 0.6) is 5.75 Å². The topological polar surface area (TPSA) is 38.3 Å². The maximum atomic E-state index is 11.5. The summed E-state index contributed by atoms with van der Waals surface area (Å²) in [6.45, 7) is 2.82. The van der Waals surface area contributed by atoms with Gasteiger partial charge in [0.05, 0.1) is 7.11 Å². The predicted molar refractivity (Wildman–Crippen MR) is 69.9 cm³/mol. The van der Waals surface area contributed by atoms with E-state index < -0.39 is 0 Å². The summed E-state index contributed by atoms with van der Waals surface area (Å²) in [5.74, 6) is 0.703. The Hall–Kier alpha value is -1.77. The van der Waals surface area contributed by atoms with E-state index in [0.717, 1.165) is 30.7 Å². The highest BCUT2D eigenvalue weighted by Crippen LogP contribution is 2.18. The standard InChI is InChI=1S/C14H19NO2/c1-3-4-11-15-14(16)10-9-12-7-5-6-8-13(12)17-2/h5-10H,3-4,11H2,1-2H3,(H,15,16)/b10-9+. The summed E-state index contributed by atoms with van der Waals surface area (Å²) in [5, 5.41) is 2.82. The Bertz CT molecular complexity index is 386. The molecule has 1 aromatic rings. The minimum Gasteiger partial charge on any atom is -0.496 e. The Morgan fingerprint density at radius 1 is 1.41 bits per heavy atom. The Morgan fingerprint density at radius 2 is 2.18 bits per heavy atom. The first-order valence-electron chi connectivity index (χ1n) is 5.87. The number of para-hydroxylation sites is 1. The van der Waals surface area contributed by atoms with Crippen LogP contribution in [0.3, 0.4) is 0 Å². The molecule has 0 bridgehead atoms. The monoisotopic (exact) mass is 233 g/mol. The van der Waals surface area contributed by atoms with E-state index in [4.69, 9.17) is 4.74 Å². The van der Waals surface area contributed by atoms with Crippen molar-refractivity contribution in [2.75, 3.05) is 13.7 Å². The van der Waals surface area contributed by atoms with Crippen molar-refractivity contribution in [1.29, 1.82) is 0 Å². The largest absolute Gasteiger partial charge is 0.496 e. The van der Waals surface area contributed by atoms with E-state index in [1.807, 2.05) is 24.3 Å². The number of benzene rings is 1. The van der Waals surface area contributed by atoms with Gasteiger partial charge in [-0.2, -0.15) is 0 Å². The average molecular weight is 233 g/mol. The zero-order chi connectivity index (χ0) is 12.5. The first-order valence-corrected chi connectivity index (χ1v) is 5.87. The number of ether oxygens (including phenoxy) is 1. The van der Waals surface area contributed by atoms with Crippen molar-refractivity contribution in [2.24, 2.45) is 0 Å². The quantitative estimate of drug-likeness (QED) is 0.606. The van der Waals surface area contributed by atoms with Gasteiger partial charge in [0.15, 0.2) is 0 Å². The fraction of sp³-hybridized carbons (Fsp3) is 0.357. The van der Waals surface area contributed by atoms with Crippen LogP contribution in [0.1, 0.15) is 25.3 Å². The van der Waals surface area contributed by atoms with Crippen LogP contribution in [-0.4, -0.2) is 19.6 Å². The lowest BCUT2D eigenvalue weighted by Crippen LogP contribution is -2.21. The lowest BCUT2D eigenvalue weighted by Gasteiger charge is -2.03. The Balaban J connectivity index is 2.54. The molecule has 0 saturated heterocycles. The molecule has 0 unspecified atom stereocenters. The molecule has 0 aromatic heterocycles. The van der Waals surface area contributed by atoms with E-state index in [0.29, 0.717) is 0 Å². The van der Waals surface area contributed by atoms with Gasteiger partial charge in [-0.05, 0) is 18.6 Å². The zero-order valence-corrected chi connectivity index (χ0v) is 10.4. The van der Waals surface area contributed by atoms with Gasteiger partial charge in [-0.15, -0.1) is 0 Å². The molecular weight excluding hydrogens is 214 g/mol. The van der Waals surface area contributed by atoms with Gasteiger partial charge in [0.25, 0.3) is 0 Å². The second-order valence-corrected chi connectivity index (χ2v) is 3.72. The highest BCUT2D eigenvalue weighted by atomic mass is 16.5. The van der Waals surface area contributed by atoms with Gasteiger partial charge in [-0.25, -0.2) is 0 Å². The number of carbonyl (C=O) groups excluding carboxylic acids is 1. The van der Waals surface area contributed by atoms with E-state index in [1.54, 1.807) is 13.2 Å². The van der Waals surface area contributed by atoms with Gasteiger partial charge in [0.1, 0.15) is 5.75 Å². The van der Waals surface area contributed by atoms with E-state index in [-0.39, 0.29) is 5.91 Å². The molecular formula is C14H19NO2. The molecule has 1 amide bonds. The van der Waals surface area contributed by atoms with Crippen LogP contribution in [0.15, 0.2) is 30.3 Å². The second-order valence-electron chi connectivity index (χ2n) is 3.72. The second kappa shape index (κ2) is 7.49. The van der Waals surface area contributed by atoms with E-state index in [2.05, 4.69) is 12.2 Å². The first-order chi connectivity index (χ1) is 8.27. The summed E-state index contributed by atoms with van der Waals surface area (Å²) in [5.41, 5.74) is 0.903. The van der Waals surface area contributed by atoms with Crippen molar-refractivity contribution in [3.8, 4) is 5.75 Å². The number of methoxy groups -OCH3 is 1. The van der Waals surface area contributed by atoms with Crippen LogP contribution < -0.4 is 10.1 Å². The summed E-state index contributed by atoms with van der Waals surface area (Å²) in [6, 6.07) is 7.60. The summed E-state index contributed by atoms with van der Waals surface area (Å²) < 4.78 is 5.19. The third-order valence-electron chi connectivity index (χ3n) is 2.38. The predicted octanol–water partition coefficient (Wildman–Crippen LogP) is 2.62. The Morgan fingerprint density at radius 3 is 2.88 bits per heavy atom. The number of carbonyl (C=O) groups is 1. The van der Waals surface area contributed by atoms with Gasteiger partial charge in [0.2, 0.25) is 5.91 Å². The highest BCUT2D eigenvalue weighted by molar-refractivity contribution is 5.92. The minimum absolute atomic E-state index is 0.0654. The molecule has 0 atom stereocenters. The van der Waals surface area contributed by atoms with Crippen molar-refractivity contribution in [1.82, 2.24) is 5.32 Å². The maximum Gasteiger partial charge on any atom is 0.244 e. The van der Waals surface area contributed by atoms with E-state index >= 15 is 0 Å². The molecule has 0 aliphatic heterocycles. The number of nitrogens with one attached hydrogen (secondary N) is 1.